The summed E-state index contributed by atoms with van der Waals surface area (Å²) in [4.78, 5) is 30.1. The first-order chi connectivity index (χ1) is 12.3. The summed E-state index contributed by atoms with van der Waals surface area (Å²) in [6.45, 7) is 4.02. The number of rotatable bonds is 4. The zero-order chi connectivity index (χ0) is 18.7. The van der Waals surface area contributed by atoms with Crippen molar-refractivity contribution in [2.45, 2.75) is 42.9 Å². The largest absolute Gasteiger partial charge is 1.00 e. The molecule has 140 valence electrons. The Bertz CT molecular complexity index is 829. The summed E-state index contributed by atoms with van der Waals surface area (Å²) >= 11 is 2.96. The van der Waals surface area contributed by atoms with Crippen molar-refractivity contribution >= 4 is 41.3 Å². The average Bonchev–Trinajstić information content (AvgIpc) is 3.03. The predicted octanol–water partition coefficient (Wildman–Crippen LogP) is -4.11. The van der Waals surface area contributed by atoms with Gasteiger partial charge >= 0.3 is 29.6 Å². The van der Waals surface area contributed by atoms with Crippen molar-refractivity contribution in [1.29, 1.82) is 0 Å². The molecule has 0 spiro atoms. The number of aliphatic hydroxyl groups excluding tert-OH is 1. The molecule has 3 aliphatic heterocycles. The van der Waals surface area contributed by atoms with Crippen LogP contribution >= 0.6 is 23.5 Å². The third-order valence-corrected chi connectivity index (χ3v) is 7.83. The topological polar surface area (TPSA) is 137 Å². The van der Waals surface area contributed by atoms with Gasteiger partial charge in [-0.3, -0.25) is 4.79 Å². The van der Waals surface area contributed by atoms with E-state index in [0.717, 1.165) is 10.9 Å². The number of carboxylic acid groups (broad SMARTS) is 1. The van der Waals surface area contributed by atoms with Crippen LogP contribution in [0.4, 0.5) is 5.95 Å². The number of carbonyl (C=O) groups excluding carboxylic acids is 2. The molecule has 12 heteroatoms. The quantitative estimate of drug-likeness (QED) is 0.368. The van der Waals surface area contributed by atoms with E-state index in [9.17, 15) is 19.8 Å². The molecule has 27 heavy (non-hydrogen) atoms. The molecule has 3 aliphatic rings. The molecular formula is C15H18N5NaO4S2. The summed E-state index contributed by atoms with van der Waals surface area (Å²) in [6.07, 6.45) is -0.815. The SMILES string of the molecule is C[C@@H](O)[C@H]1C(=O)N2C(C(=O)[O-])=C(S[C@@H]3CSc4nc(N)nn4C3)[C@H](C)[C@H]12.[Na+]. The Labute approximate surface area is 186 Å². The van der Waals surface area contributed by atoms with Crippen molar-refractivity contribution in [1.82, 2.24) is 19.7 Å². The molecule has 0 saturated carbocycles. The number of thioether (sulfide) groups is 2. The fraction of sp³-hybridized carbons (Fsp3) is 0.600. The number of hydrogen-bond donors (Lipinski definition) is 2. The van der Waals surface area contributed by atoms with Gasteiger partial charge in [0.25, 0.3) is 0 Å². The fourth-order valence-corrected chi connectivity index (χ4v) is 6.46. The standard InChI is InChI=1S/C15H19N5O4S2.Na/c1-5-9-8(6(2)21)12(22)20(9)10(13(23)24)11(5)26-7-3-19-15(25-4-7)17-14(16)18-19;/h5-9,21H,3-4H2,1-2H3,(H2,16,18)(H,23,24);/q;+1/p-1/t5-,6-,7+,8-,9-;/m1./s1. The second kappa shape index (κ2) is 7.60. The van der Waals surface area contributed by atoms with Crippen molar-refractivity contribution < 1.29 is 49.4 Å². The third kappa shape index (κ3) is 3.32. The van der Waals surface area contributed by atoms with E-state index in [4.69, 9.17) is 5.73 Å². The van der Waals surface area contributed by atoms with Gasteiger partial charge in [-0.05, 0) is 6.92 Å². The Hall–Kier alpha value is -0.720. The van der Waals surface area contributed by atoms with E-state index in [2.05, 4.69) is 10.1 Å². The zero-order valence-electron chi connectivity index (χ0n) is 15.2. The minimum atomic E-state index is -1.35. The van der Waals surface area contributed by atoms with Crippen LogP contribution in [0.5, 0.6) is 0 Å². The zero-order valence-corrected chi connectivity index (χ0v) is 18.8. The molecule has 1 aromatic rings. The molecule has 0 bridgehead atoms. The molecule has 4 heterocycles. The summed E-state index contributed by atoms with van der Waals surface area (Å²) < 4.78 is 1.72. The van der Waals surface area contributed by atoms with Crippen LogP contribution in [0.2, 0.25) is 0 Å². The van der Waals surface area contributed by atoms with Gasteiger partial charge in [0.15, 0.2) is 5.16 Å². The van der Waals surface area contributed by atoms with E-state index in [1.165, 1.54) is 28.4 Å². The Morgan fingerprint density at radius 2 is 2.22 bits per heavy atom. The smallest absolute Gasteiger partial charge is 0.543 e. The summed E-state index contributed by atoms with van der Waals surface area (Å²) in [6, 6.07) is -0.327. The second-order valence-electron chi connectivity index (χ2n) is 6.74. The maximum Gasteiger partial charge on any atom is 1.00 e. The van der Waals surface area contributed by atoms with Crippen molar-refractivity contribution in [2.75, 3.05) is 11.5 Å². The number of carbonyl (C=O) groups is 2. The molecule has 0 unspecified atom stereocenters. The van der Waals surface area contributed by atoms with Crippen molar-refractivity contribution in [2.24, 2.45) is 11.8 Å². The Morgan fingerprint density at radius 3 is 2.85 bits per heavy atom. The van der Waals surface area contributed by atoms with Gasteiger partial charge in [-0.1, -0.05) is 18.7 Å². The number of β-lactam (4-membered cyclic amide) rings is 1. The van der Waals surface area contributed by atoms with Crippen LogP contribution in [0.25, 0.3) is 0 Å². The number of aliphatic hydroxyl groups is 1. The number of carboxylic acids is 1. The maximum absolute atomic E-state index is 12.3. The summed E-state index contributed by atoms with van der Waals surface area (Å²) in [5, 5.41) is 26.6. The first-order valence-electron chi connectivity index (χ1n) is 8.26. The van der Waals surface area contributed by atoms with E-state index < -0.39 is 18.0 Å². The molecule has 9 nitrogen and oxygen atoms in total. The number of anilines is 1. The van der Waals surface area contributed by atoms with Crippen molar-refractivity contribution in [3.05, 3.63) is 10.6 Å². The number of aromatic nitrogens is 3. The van der Waals surface area contributed by atoms with Gasteiger partial charge in [0.05, 0.1) is 36.3 Å². The molecule has 0 radical (unpaired) electrons. The van der Waals surface area contributed by atoms with E-state index in [0.29, 0.717) is 11.4 Å². The van der Waals surface area contributed by atoms with Crippen molar-refractivity contribution in [3.63, 3.8) is 0 Å². The number of fused-ring (bicyclic) bond motifs is 2. The van der Waals surface area contributed by atoms with Gasteiger partial charge in [0.1, 0.15) is 0 Å². The molecule has 5 atom stereocenters. The number of hydrogen-bond acceptors (Lipinski definition) is 9. The molecule has 1 saturated heterocycles. The Kier molecular flexibility index (Phi) is 5.91. The summed E-state index contributed by atoms with van der Waals surface area (Å²) in [7, 11) is 0. The molecule has 3 N–H and O–H groups in total. The molecule has 1 aromatic heterocycles. The van der Waals surface area contributed by atoms with E-state index >= 15 is 0 Å². The van der Waals surface area contributed by atoms with Gasteiger partial charge in [0.2, 0.25) is 11.9 Å². The predicted molar refractivity (Wildman–Crippen MR) is 93.5 cm³/mol. The first-order valence-corrected chi connectivity index (χ1v) is 10.1. The first kappa shape index (κ1) is 21.0. The van der Waals surface area contributed by atoms with Gasteiger partial charge in [0, 0.05) is 21.8 Å². The monoisotopic (exact) mass is 419 g/mol. The van der Waals surface area contributed by atoms with E-state index in [1.54, 1.807) is 11.6 Å². The minimum Gasteiger partial charge on any atom is -0.543 e. The number of nitrogens with two attached hydrogens (primary N) is 1. The number of nitrogens with zero attached hydrogens (tertiary/aromatic N) is 4. The normalized spacial score (nSPS) is 30.3. The minimum absolute atomic E-state index is 0. The summed E-state index contributed by atoms with van der Waals surface area (Å²) in [5.41, 5.74) is 5.58. The van der Waals surface area contributed by atoms with Crippen LogP contribution in [0, 0.1) is 11.8 Å². The molecular weight excluding hydrogens is 401 g/mol. The molecule has 1 fully saturated rings. The summed E-state index contributed by atoms with van der Waals surface area (Å²) in [5.74, 6) is -1.49. The third-order valence-electron chi connectivity index (χ3n) is 5.02. The fourth-order valence-electron chi connectivity index (χ4n) is 3.90. The van der Waals surface area contributed by atoms with Crippen LogP contribution in [-0.4, -0.2) is 59.8 Å². The molecule has 0 aromatic carbocycles. The number of amides is 1. The van der Waals surface area contributed by atoms with Gasteiger partial charge < -0.3 is 25.6 Å². The van der Waals surface area contributed by atoms with Crippen LogP contribution in [0.1, 0.15) is 13.8 Å². The number of aliphatic carboxylic acids is 1. The van der Waals surface area contributed by atoms with Crippen LogP contribution in [-0.2, 0) is 16.1 Å². The maximum atomic E-state index is 12.3. The van der Waals surface area contributed by atoms with Gasteiger partial charge in [-0.15, -0.1) is 16.9 Å². The molecule has 4 rings (SSSR count). The van der Waals surface area contributed by atoms with Crippen LogP contribution < -0.4 is 40.4 Å². The van der Waals surface area contributed by atoms with Crippen LogP contribution in [0.15, 0.2) is 15.8 Å². The van der Waals surface area contributed by atoms with Crippen LogP contribution in [0.3, 0.4) is 0 Å². The average molecular weight is 419 g/mol. The Balaban J connectivity index is 0.00000210. The molecule has 1 amide bonds. The van der Waals surface area contributed by atoms with E-state index in [1.807, 2.05) is 6.92 Å². The van der Waals surface area contributed by atoms with Gasteiger partial charge in [-0.2, -0.15) is 4.98 Å². The van der Waals surface area contributed by atoms with E-state index in [-0.39, 0.29) is 64.3 Å². The number of nitrogen functional groups attached to an aromatic ring is 1. The second-order valence-corrected chi connectivity index (χ2v) is 9.07. The molecule has 0 aliphatic carbocycles. The van der Waals surface area contributed by atoms with Crippen molar-refractivity contribution in [3.8, 4) is 0 Å². The van der Waals surface area contributed by atoms with Gasteiger partial charge in [-0.25, -0.2) is 4.68 Å². The Morgan fingerprint density at radius 1 is 1.52 bits per heavy atom.